The van der Waals surface area contributed by atoms with Crippen molar-refractivity contribution in [2.45, 2.75) is 6.92 Å². The Morgan fingerprint density at radius 1 is 1.00 bits per heavy atom. The lowest BCUT2D eigenvalue weighted by atomic mass is 10.1. The van der Waals surface area contributed by atoms with Crippen LogP contribution >= 0.6 is 0 Å². The molecule has 4 rings (SSSR count). The number of benzene rings is 1. The van der Waals surface area contributed by atoms with Gasteiger partial charge in [-0.05, 0) is 31.2 Å². The molecule has 23 heavy (non-hydrogen) atoms. The number of hydrogen-bond acceptors (Lipinski definition) is 5. The molecule has 112 valence electrons. The summed E-state index contributed by atoms with van der Waals surface area (Å²) in [6, 6.07) is 13.3. The maximum Gasteiger partial charge on any atom is 0.299 e. The van der Waals surface area contributed by atoms with E-state index >= 15 is 0 Å². The van der Waals surface area contributed by atoms with Crippen molar-refractivity contribution in [2.24, 2.45) is 0 Å². The molecule has 0 unspecified atom stereocenters. The summed E-state index contributed by atoms with van der Waals surface area (Å²) in [5.41, 5.74) is 3.27. The summed E-state index contributed by atoms with van der Waals surface area (Å²) in [7, 11) is 0. The van der Waals surface area contributed by atoms with Crippen LogP contribution in [-0.2, 0) is 0 Å². The highest BCUT2D eigenvalue weighted by molar-refractivity contribution is 5.97. The van der Waals surface area contributed by atoms with Crippen LogP contribution < -0.4 is 4.74 Å². The van der Waals surface area contributed by atoms with Gasteiger partial charge in [0, 0.05) is 18.0 Å². The number of aryl methyl sites for hydroxylation is 1. The summed E-state index contributed by atoms with van der Waals surface area (Å²) in [6.45, 7) is 1.91. The summed E-state index contributed by atoms with van der Waals surface area (Å²) in [4.78, 5) is 4.20. The third-order valence-corrected chi connectivity index (χ3v) is 3.59. The summed E-state index contributed by atoms with van der Waals surface area (Å²) in [5, 5.41) is 8.92. The van der Waals surface area contributed by atoms with E-state index in [-0.39, 0.29) is 0 Å². The lowest BCUT2D eigenvalue weighted by Crippen LogP contribution is -1.91. The van der Waals surface area contributed by atoms with Gasteiger partial charge in [-0.1, -0.05) is 18.2 Å². The maximum absolute atomic E-state index is 5.96. The van der Waals surface area contributed by atoms with Crippen LogP contribution in [0.3, 0.4) is 0 Å². The van der Waals surface area contributed by atoms with Gasteiger partial charge in [0.1, 0.15) is 11.3 Å². The van der Waals surface area contributed by atoms with E-state index in [9.17, 15) is 0 Å². The van der Waals surface area contributed by atoms with Gasteiger partial charge in [-0.25, -0.2) is 0 Å². The number of nitrogens with zero attached hydrogens (tertiary/aromatic N) is 3. The van der Waals surface area contributed by atoms with E-state index in [1.807, 2.05) is 49.4 Å². The molecule has 5 heteroatoms. The first-order chi connectivity index (χ1) is 11.3. The summed E-state index contributed by atoms with van der Waals surface area (Å²) in [6.07, 6.45) is 5.12. The molecular weight excluding hydrogens is 290 g/mol. The highest BCUT2D eigenvalue weighted by atomic mass is 16.6. The zero-order valence-electron chi connectivity index (χ0n) is 12.4. The molecule has 0 spiro atoms. The number of para-hydroxylation sites is 1. The molecule has 0 bridgehead atoms. The monoisotopic (exact) mass is 303 g/mol. The fourth-order valence-corrected chi connectivity index (χ4v) is 2.51. The van der Waals surface area contributed by atoms with Crippen LogP contribution in [0.1, 0.15) is 5.69 Å². The molecule has 5 nitrogen and oxygen atoms in total. The van der Waals surface area contributed by atoms with Crippen LogP contribution in [-0.4, -0.2) is 15.2 Å². The first-order valence-electron chi connectivity index (χ1n) is 7.21. The first kappa shape index (κ1) is 13.5. The average Bonchev–Trinajstić information content (AvgIpc) is 2.94. The maximum atomic E-state index is 5.96. The van der Waals surface area contributed by atoms with E-state index < -0.39 is 0 Å². The van der Waals surface area contributed by atoms with Gasteiger partial charge in [-0.3, -0.25) is 4.98 Å². The van der Waals surface area contributed by atoms with E-state index in [4.69, 9.17) is 9.15 Å². The molecule has 0 radical (unpaired) electrons. The Hall–Kier alpha value is -3.21. The van der Waals surface area contributed by atoms with Crippen molar-refractivity contribution in [1.82, 2.24) is 15.2 Å². The Morgan fingerprint density at radius 3 is 2.70 bits per heavy atom. The van der Waals surface area contributed by atoms with Crippen LogP contribution in [0.25, 0.3) is 22.1 Å². The lowest BCUT2D eigenvalue weighted by molar-refractivity contribution is 0.362. The molecule has 0 saturated heterocycles. The fraction of sp³-hybridized carbons (Fsp3) is 0.0556. The highest BCUT2D eigenvalue weighted by Crippen LogP contribution is 2.42. The second kappa shape index (κ2) is 5.53. The topological polar surface area (TPSA) is 61.0 Å². The molecule has 0 N–H and O–H groups in total. The van der Waals surface area contributed by atoms with Crippen molar-refractivity contribution in [3.8, 4) is 22.8 Å². The number of fused-ring (bicyclic) bond motifs is 1. The van der Waals surface area contributed by atoms with Crippen molar-refractivity contribution < 1.29 is 9.15 Å². The van der Waals surface area contributed by atoms with Gasteiger partial charge in [0.05, 0.1) is 22.8 Å². The quantitative estimate of drug-likeness (QED) is 0.562. The largest absolute Gasteiger partial charge is 0.426 e. The molecule has 0 aliphatic carbocycles. The molecule has 0 aliphatic heterocycles. The molecule has 0 fully saturated rings. The SMILES string of the molecule is Cc1nnccc1-c1c(Oc2ccccc2)oc2ccncc12. The summed E-state index contributed by atoms with van der Waals surface area (Å²) < 4.78 is 11.9. The molecule has 3 heterocycles. The third-order valence-electron chi connectivity index (χ3n) is 3.59. The molecule has 1 aromatic carbocycles. The Bertz CT molecular complexity index is 964. The number of pyridine rings is 1. The zero-order chi connectivity index (χ0) is 15.6. The second-order valence-corrected chi connectivity index (χ2v) is 5.08. The Labute approximate surface area is 132 Å². The van der Waals surface area contributed by atoms with E-state index in [1.54, 1.807) is 18.6 Å². The van der Waals surface area contributed by atoms with Crippen LogP contribution in [0, 0.1) is 6.92 Å². The minimum absolute atomic E-state index is 0.426. The number of hydrogen-bond donors (Lipinski definition) is 0. The van der Waals surface area contributed by atoms with Crippen LogP contribution in [0.4, 0.5) is 0 Å². The van der Waals surface area contributed by atoms with Gasteiger partial charge in [-0.2, -0.15) is 10.2 Å². The predicted molar refractivity (Wildman–Crippen MR) is 86.3 cm³/mol. The zero-order valence-corrected chi connectivity index (χ0v) is 12.4. The Kier molecular flexibility index (Phi) is 3.24. The van der Waals surface area contributed by atoms with Gasteiger partial charge in [-0.15, -0.1) is 0 Å². The van der Waals surface area contributed by atoms with E-state index in [0.29, 0.717) is 11.7 Å². The average molecular weight is 303 g/mol. The standard InChI is InChI=1S/C18H13N3O2/c1-12-14(7-10-20-21-12)17-15-11-19-9-8-16(15)23-18(17)22-13-5-3-2-4-6-13/h2-11H,1H3. The number of ether oxygens (including phenoxy) is 1. The Morgan fingerprint density at radius 2 is 1.87 bits per heavy atom. The van der Waals surface area contributed by atoms with E-state index in [1.165, 1.54) is 0 Å². The van der Waals surface area contributed by atoms with Crippen LogP contribution in [0.2, 0.25) is 0 Å². The van der Waals surface area contributed by atoms with Crippen molar-refractivity contribution in [1.29, 1.82) is 0 Å². The predicted octanol–water partition coefficient (Wildman–Crippen LogP) is 4.39. The Balaban J connectivity index is 1.94. The molecule has 0 aliphatic rings. The van der Waals surface area contributed by atoms with E-state index in [2.05, 4.69) is 15.2 Å². The molecule has 0 atom stereocenters. The number of rotatable bonds is 3. The highest BCUT2D eigenvalue weighted by Gasteiger charge is 2.20. The minimum Gasteiger partial charge on any atom is -0.426 e. The molecular formula is C18H13N3O2. The second-order valence-electron chi connectivity index (χ2n) is 5.08. The molecule has 0 amide bonds. The number of furan rings is 1. The van der Waals surface area contributed by atoms with Gasteiger partial charge >= 0.3 is 0 Å². The smallest absolute Gasteiger partial charge is 0.299 e. The van der Waals surface area contributed by atoms with Crippen molar-refractivity contribution >= 4 is 11.0 Å². The fourth-order valence-electron chi connectivity index (χ4n) is 2.51. The summed E-state index contributed by atoms with van der Waals surface area (Å²) >= 11 is 0. The summed E-state index contributed by atoms with van der Waals surface area (Å²) in [5.74, 6) is 1.13. The van der Waals surface area contributed by atoms with Gasteiger partial charge < -0.3 is 9.15 Å². The molecule has 4 aromatic rings. The first-order valence-corrected chi connectivity index (χ1v) is 7.21. The van der Waals surface area contributed by atoms with Crippen molar-refractivity contribution in [3.05, 3.63) is 66.7 Å². The van der Waals surface area contributed by atoms with Crippen LogP contribution in [0.15, 0.2) is 65.5 Å². The lowest BCUT2D eigenvalue weighted by Gasteiger charge is -2.06. The molecule has 3 aromatic heterocycles. The van der Waals surface area contributed by atoms with E-state index in [0.717, 1.165) is 27.8 Å². The normalized spacial score (nSPS) is 10.8. The van der Waals surface area contributed by atoms with Crippen molar-refractivity contribution in [3.63, 3.8) is 0 Å². The van der Waals surface area contributed by atoms with Gasteiger partial charge in [0.2, 0.25) is 0 Å². The van der Waals surface area contributed by atoms with Gasteiger partial charge in [0.25, 0.3) is 5.95 Å². The van der Waals surface area contributed by atoms with Crippen molar-refractivity contribution in [2.75, 3.05) is 0 Å². The third kappa shape index (κ3) is 2.42. The van der Waals surface area contributed by atoms with Gasteiger partial charge in [0.15, 0.2) is 0 Å². The van der Waals surface area contributed by atoms with Crippen LogP contribution in [0.5, 0.6) is 11.7 Å². The molecule has 0 saturated carbocycles. The minimum atomic E-state index is 0.426. The number of aromatic nitrogens is 3.